The van der Waals surface area contributed by atoms with Gasteiger partial charge in [0.25, 0.3) is 0 Å². The third-order valence-corrected chi connectivity index (χ3v) is 3.68. The van der Waals surface area contributed by atoms with Gasteiger partial charge in [0.05, 0.1) is 11.9 Å². The number of hydrogen-bond acceptors (Lipinski definition) is 4. The van der Waals surface area contributed by atoms with Crippen molar-refractivity contribution in [2.75, 3.05) is 18.6 Å². The molecule has 1 aromatic carbocycles. The standard InChI is InChI=1S/C13H21NO3S/c1-3-12(15)9-14-13(10-18(2,16)17)11-7-5-4-6-8-11/h4-8,12-15H,3,9-10H2,1-2H3/t12-,13?/m1/s1. The van der Waals surface area contributed by atoms with Crippen molar-refractivity contribution >= 4 is 9.84 Å². The topological polar surface area (TPSA) is 66.4 Å². The van der Waals surface area contributed by atoms with Crippen molar-refractivity contribution in [2.24, 2.45) is 0 Å². The van der Waals surface area contributed by atoms with E-state index < -0.39 is 15.9 Å². The van der Waals surface area contributed by atoms with Crippen LogP contribution in [-0.4, -0.2) is 38.2 Å². The number of hydrogen-bond donors (Lipinski definition) is 2. The highest BCUT2D eigenvalue weighted by atomic mass is 32.2. The van der Waals surface area contributed by atoms with Gasteiger partial charge in [-0.15, -0.1) is 0 Å². The minimum atomic E-state index is -3.07. The quantitative estimate of drug-likeness (QED) is 0.780. The molecule has 0 saturated carbocycles. The summed E-state index contributed by atoms with van der Waals surface area (Å²) in [6.45, 7) is 2.28. The van der Waals surface area contributed by atoms with Crippen LogP contribution in [0.1, 0.15) is 24.9 Å². The van der Waals surface area contributed by atoms with Gasteiger partial charge < -0.3 is 10.4 Å². The third-order valence-electron chi connectivity index (χ3n) is 2.74. The summed E-state index contributed by atoms with van der Waals surface area (Å²) in [5.41, 5.74) is 0.922. The average Bonchev–Trinajstić information content (AvgIpc) is 2.33. The van der Waals surface area contributed by atoms with Crippen molar-refractivity contribution in [2.45, 2.75) is 25.5 Å². The lowest BCUT2D eigenvalue weighted by atomic mass is 10.1. The van der Waals surface area contributed by atoms with E-state index in [9.17, 15) is 13.5 Å². The first-order valence-electron chi connectivity index (χ1n) is 6.06. The van der Waals surface area contributed by atoms with E-state index in [4.69, 9.17) is 0 Å². The van der Waals surface area contributed by atoms with Gasteiger partial charge in [0.1, 0.15) is 9.84 Å². The molecule has 0 radical (unpaired) electrons. The molecule has 0 fully saturated rings. The highest BCUT2D eigenvalue weighted by Crippen LogP contribution is 2.14. The van der Waals surface area contributed by atoms with Crippen molar-refractivity contribution < 1.29 is 13.5 Å². The number of aliphatic hydroxyl groups excluding tert-OH is 1. The maximum absolute atomic E-state index is 11.4. The molecule has 2 N–H and O–H groups in total. The van der Waals surface area contributed by atoms with Crippen molar-refractivity contribution in [3.8, 4) is 0 Å². The second-order valence-electron chi connectivity index (χ2n) is 4.53. The molecule has 0 aromatic heterocycles. The van der Waals surface area contributed by atoms with E-state index in [-0.39, 0.29) is 11.8 Å². The van der Waals surface area contributed by atoms with E-state index in [2.05, 4.69) is 5.32 Å². The molecule has 0 amide bonds. The Morgan fingerprint density at radius 2 is 1.89 bits per heavy atom. The summed E-state index contributed by atoms with van der Waals surface area (Å²) < 4.78 is 22.9. The second kappa shape index (κ2) is 6.87. The zero-order valence-electron chi connectivity index (χ0n) is 10.8. The molecule has 102 valence electrons. The lowest BCUT2D eigenvalue weighted by molar-refractivity contribution is 0.164. The van der Waals surface area contributed by atoms with Crippen LogP contribution >= 0.6 is 0 Å². The molecule has 0 heterocycles. The van der Waals surface area contributed by atoms with Crippen LogP contribution in [0.3, 0.4) is 0 Å². The van der Waals surface area contributed by atoms with Crippen molar-refractivity contribution in [1.29, 1.82) is 0 Å². The molecule has 1 rings (SSSR count). The van der Waals surface area contributed by atoms with E-state index in [0.29, 0.717) is 13.0 Å². The molecule has 0 spiro atoms. The first-order valence-corrected chi connectivity index (χ1v) is 8.12. The van der Waals surface area contributed by atoms with Crippen LogP contribution in [0.15, 0.2) is 30.3 Å². The lowest BCUT2D eigenvalue weighted by Crippen LogP contribution is -2.33. The van der Waals surface area contributed by atoms with Gasteiger partial charge in [-0.05, 0) is 12.0 Å². The Kier molecular flexibility index (Phi) is 5.78. The lowest BCUT2D eigenvalue weighted by Gasteiger charge is -2.20. The molecule has 1 unspecified atom stereocenters. The van der Waals surface area contributed by atoms with E-state index in [1.807, 2.05) is 37.3 Å². The third kappa shape index (κ3) is 5.62. The zero-order valence-corrected chi connectivity index (χ0v) is 11.7. The predicted molar refractivity (Wildman–Crippen MR) is 73.2 cm³/mol. The molecule has 5 heteroatoms. The molecule has 4 nitrogen and oxygen atoms in total. The summed E-state index contributed by atoms with van der Waals surface area (Å²) in [5.74, 6) is 0.0352. The van der Waals surface area contributed by atoms with E-state index >= 15 is 0 Å². The molecule has 0 aliphatic heterocycles. The van der Waals surface area contributed by atoms with Crippen LogP contribution in [-0.2, 0) is 9.84 Å². The van der Waals surface area contributed by atoms with Crippen molar-refractivity contribution in [1.82, 2.24) is 5.32 Å². The van der Waals surface area contributed by atoms with E-state index in [0.717, 1.165) is 5.56 Å². The predicted octanol–water partition coefficient (Wildman–Crippen LogP) is 1.13. The molecular formula is C13H21NO3S. The minimum Gasteiger partial charge on any atom is -0.392 e. The summed E-state index contributed by atoms with van der Waals surface area (Å²) in [5, 5.41) is 12.7. The molecule has 0 bridgehead atoms. The molecule has 0 aliphatic rings. The van der Waals surface area contributed by atoms with Gasteiger partial charge in [-0.1, -0.05) is 37.3 Å². The molecule has 0 saturated heterocycles. The minimum absolute atomic E-state index is 0.0352. The van der Waals surface area contributed by atoms with Gasteiger partial charge in [0, 0.05) is 18.8 Å². The number of rotatable bonds is 7. The monoisotopic (exact) mass is 271 g/mol. The molecule has 0 aliphatic carbocycles. The highest BCUT2D eigenvalue weighted by molar-refractivity contribution is 7.90. The first kappa shape index (κ1) is 15.1. The number of benzene rings is 1. The summed E-state index contributed by atoms with van der Waals surface area (Å²) in [7, 11) is -3.07. The summed E-state index contributed by atoms with van der Waals surface area (Å²) in [4.78, 5) is 0. The van der Waals surface area contributed by atoms with Crippen LogP contribution < -0.4 is 5.32 Å². The maximum Gasteiger partial charge on any atom is 0.149 e. The Balaban J connectivity index is 2.76. The zero-order chi connectivity index (χ0) is 13.6. The van der Waals surface area contributed by atoms with Crippen LogP contribution in [0.4, 0.5) is 0 Å². The van der Waals surface area contributed by atoms with Crippen LogP contribution in [0.25, 0.3) is 0 Å². The van der Waals surface area contributed by atoms with Crippen LogP contribution in [0.5, 0.6) is 0 Å². The smallest absolute Gasteiger partial charge is 0.149 e. The van der Waals surface area contributed by atoms with E-state index in [1.54, 1.807) is 0 Å². The molecule has 18 heavy (non-hydrogen) atoms. The second-order valence-corrected chi connectivity index (χ2v) is 6.71. The first-order chi connectivity index (χ1) is 8.42. The SMILES string of the molecule is CC[C@@H](O)CNC(CS(C)(=O)=O)c1ccccc1. The largest absolute Gasteiger partial charge is 0.392 e. The average molecular weight is 271 g/mol. The fourth-order valence-electron chi connectivity index (χ4n) is 1.68. The normalized spacial score (nSPS) is 15.3. The van der Waals surface area contributed by atoms with Gasteiger partial charge in [0.15, 0.2) is 0 Å². The van der Waals surface area contributed by atoms with Gasteiger partial charge in [-0.2, -0.15) is 0 Å². The fraction of sp³-hybridized carbons (Fsp3) is 0.538. The van der Waals surface area contributed by atoms with Gasteiger partial charge in [-0.25, -0.2) is 8.42 Å². The number of sulfone groups is 1. The fourth-order valence-corrected chi connectivity index (χ4v) is 2.60. The Hall–Kier alpha value is -0.910. The maximum atomic E-state index is 11.4. The summed E-state index contributed by atoms with van der Waals surface area (Å²) in [6.07, 6.45) is 1.42. The van der Waals surface area contributed by atoms with Crippen molar-refractivity contribution in [3.05, 3.63) is 35.9 Å². The van der Waals surface area contributed by atoms with Crippen LogP contribution in [0, 0.1) is 0 Å². The Morgan fingerprint density at radius 3 is 2.39 bits per heavy atom. The number of nitrogens with one attached hydrogen (secondary N) is 1. The Labute approximate surface area is 109 Å². The summed E-state index contributed by atoms with van der Waals surface area (Å²) in [6, 6.07) is 9.15. The Morgan fingerprint density at radius 1 is 1.28 bits per heavy atom. The molecular weight excluding hydrogens is 250 g/mol. The molecule has 1 aromatic rings. The van der Waals surface area contributed by atoms with E-state index in [1.165, 1.54) is 6.26 Å². The summed E-state index contributed by atoms with van der Waals surface area (Å²) >= 11 is 0. The Bertz CT molecular complexity index is 445. The van der Waals surface area contributed by atoms with Gasteiger partial charge >= 0.3 is 0 Å². The molecule has 2 atom stereocenters. The highest BCUT2D eigenvalue weighted by Gasteiger charge is 2.17. The number of aliphatic hydroxyl groups is 1. The van der Waals surface area contributed by atoms with Gasteiger partial charge in [-0.3, -0.25) is 0 Å². The van der Waals surface area contributed by atoms with Crippen LogP contribution in [0.2, 0.25) is 0 Å². The van der Waals surface area contributed by atoms with Gasteiger partial charge in [0.2, 0.25) is 0 Å². The van der Waals surface area contributed by atoms with Crippen molar-refractivity contribution in [3.63, 3.8) is 0 Å².